The van der Waals surface area contributed by atoms with Crippen LogP contribution in [0, 0.1) is 11.8 Å². The van der Waals surface area contributed by atoms with Crippen molar-refractivity contribution in [3.05, 3.63) is 0 Å². The Morgan fingerprint density at radius 3 is 2.80 bits per heavy atom. The molecule has 15 heavy (non-hydrogen) atoms. The molecule has 1 rings (SSSR count). The second-order valence-corrected chi connectivity index (χ2v) is 5.19. The highest BCUT2D eigenvalue weighted by molar-refractivity contribution is 4.80. The molecule has 3 N–H and O–H groups in total. The van der Waals surface area contributed by atoms with Crippen LogP contribution in [-0.4, -0.2) is 42.3 Å². The first-order valence-corrected chi connectivity index (χ1v) is 6.24. The van der Waals surface area contributed by atoms with Crippen molar-refractivity contribution >= 4 is 0 Å². The zero-order valence-corrected chi connectivity index (χ0v) is 10.2. The average Bonchev–Trinajstić information content (AvgIpc) is 2.18. The van der Waals surface area contributed by atoms with E-state index in [4.69, 9.17) is 5.73 Å². The van der Waals surface area contributed by atoms with Crippen molar-refractivity contribution in [2.75, 3.05) is 26.2 Å². The summed E-state index contributed by atoms with van der Waals surface area (Å²) in [5, 5.41) is 9.91. The summed E-state index contributed by atoms with van der Waals surface area (Å²) in [5.74, 6) is 1.15. The number of aliphatic hydroxyl groups excluding tert-OH is 1. The lowest BCUT2D eigenvalue weighted by atomic mass is 9.87. The number of nitrogens with zero attached hydrogens (tertiary/aromatic N) is 1. The van der Waals surface area contributed by atoms with Gasteiger partial charge in [-0.25, -0.2) is 0 Å². The lowest BCUT2D eigenvalue weighted by Gasteiger charge is -2.37. The van der Waals surface area contributed by atoms with Crippen LogP contribution in [0.1, 0.15) is 33.1 Å². The molecule has 0 amide bonds. The van der Waals surface area contributed by atoms with Crippen molar-refractivity contribution in [3.8, 4) is 0 Å². The van der Waals surface area contributed by atoms with E-state index in [1.807, 2.05) is 0 Å². The fraction of sp³-hybridized carbons (Fsp3) is 1.00. The van der Waals surface area contributed by atoms with Gasteiger partial charge in [0.25, 0.3) is 0 Å². The molecule has 0 saturated carbocycles. The van der Waals surface area contributed by atoms with Gasteiger partial charge in [-0.15, -0.1) is 0 Å². The molecule has 1 fully saturated rings. The Labute approximate surface area is 93.6 Å². The highest BCUT2D eigenvalue weighted by Gasteiger charge is 2.27. The summed E-state index contributed by atoms with van der Waals surface area (Å²) in [4.78, 5) is 2.45. The molecule has 1 saturated heterocycles. The predicted molar refractivity (Wildman–Crippen MR) is 63.7 cm³/mol. The lowest BCUT2D eigenvalue weighted by Crippen LogP contribution is -2.44. The minimum atomic E-state index is -0.0819. The molecule has 3 heteroatoms. The van der Waals surface area contributed by atoms with Crippen LogP contribution in [0.25, 0.3) is 0 Å². The maximum atomic E-state index is 9.91. The summed E-state index contributed by atoms with van der Waals surface area (Å²) in [5.41, 5.74) is 5.51. The van der Waals surface area contributed by atoms with E-state index in [1.54, 1.807) is 0 Å². The first-order valence-electron chi connectivity index (χ1n) is 6.24. The molecule has 0 bridgehead atoms. The molecule has 1 heterocycles. The number of rotatable bonds is 5. The van der Waals surface area contributed by atoms with Gasteiger partial charge in [0, 0.05) is 13.1 Å². The molecular weight excluding hydrogens is 188 g/mol. The number of piperidine rings is 1. The molecule has 3 nitrogen and oxygen atoms in total. The maximum absolute atomic E-state index is 9.91. The highest BCUT2D eigenvalue weighted by Crippen LogP contribution is 2.23. The summed E-state index contributed by atoms with van der Waals surface area (Å²) in [6, 6.07) is 0. The van der Waals surface area contributed by atoms with E-state index in [-0.39, 0.29) is 6.10 Å². The molecule has 0 aliphatic carbocycles. The Bertz CT molecular complexity index is 171. The van der Waals surface area contributed by atoms with E-state index in [0.717, 1.165) is 45.4 Å². The van der Waals surface area contributed by atoms with Gasteiger partial charge in [-0.05, 0) is 44.2 Å². The Morgan fingerprint density at radius 2 is 2.20 bits per heavy atom. The molecule has 2 unspecified atom stereocenters. The summed E-state index contributed by atoms with van der Waals surface area (Å²) in [7, 11) is 0. The molecule has 0 spiro atoms. The minimum Gasteiger partial charge on any atom is -0.393 e. The topological polar surface area (TPSA) is 49.5 Å². The SMILES string of the molecule is CC(C)CC1CN(CCCN)CCC1O. The van der Waals surface area contributed by atoms with Gasteiger partial charge in [0.1, 0.15) is 0 Å². The molecule has 1 aliphatic heterocycles. The molecular formula is C12H26N2O. The quantitative estimate of drug-likeness (QED) is 0.719. The van der Waals surface area contributed by atoms with E-state index in [0.29, 0.717) is 11.8 Å². The van der Waals surface area contributed by atoms with E-state index in [9.17, 15) is 5.11 Å². The van der Waals surface area contributed by atoms with Crippen molar-refractivity contribution in [2.45, 2.75) is 39.2 Å². The first-order chi connectivity index (χ1) is 7.13. The predicted octanol–water partition coefficient (Wildman–Crippen LogP) is 1.06. The Kier molecular flexibility index (Phi) is 5.58. The second kappa shape index (κ2) is 6.46. The Hall–Kier alpha value is -0.120. The largest absolute Gasteiger partial charge is 0.393 e. The third-order valence-electron chi connectivity index (χ3n) is 3.23. The van der Waals surface area contributed by atoms with Gasteiger partial charge >= 0.3 is 0 Å². The minimum absolute atomic E-state index is 0.0819. The fourth-order valence-electron chi connectivity index (χ4n) is 2.45. The van der Waals surface area contributed by atoms with E-state index in [2.05, 4.69) is 18.7 Å². The summed E-state index contributed by atoms with van der Waals surface area (Å²) in [6.07, 6.45) is 3.06. The molecule has 0 radical (unpaired) electrons. The molecule has 0 aromatic carbocycles. The van der Waals surface area contributed by atoms with Crippen LogP contribution in [-0.2, 0) is 0 Å². The van der Waals surface area contributed by atoms with E-state index in [1.165, 1.54) is 0 Å². The van der Waals surface area contributed by atoms with E-state index < -0.39 is 0 Å². The van der Waals surface area contributed by atoms with Gasteiger partial charge in [0.05, 0.1) is 6.10 Å². The van der Waals surface area contributed by atoms with Crippen LogP contribution in [0.2, 0.25) is 0 Å². The van der Waals surface area contributed by atoms with Gasteiger partial charge in [0.2, 0.25) is 0 Å². The zero-order chi connectivity index (χ0) is 11.3. The van der Waals surface area contributed by atoms with Gasteiger partial charge in [-0.1, -0.05) is 13.8 Å². The van der Waals surface area contributed by atoms with Crippen LogP contribution < -0.4 is 5.73 Å². The molecule has 0 aromatic rings. The van der Waals surface area contributed by atoms with Crippen LogP contribution in [0.3, 0.4) is 0 Å². The van der Waals surface area contributed by atoms with Crippen molar-refractivity contribution in [3.63, 3.8) is 0 Å². The van der Waals surface area contributed by atoms with Crippen molar-refractivity contribution in [2.24, 2.45) is 17.6 Å². The first kappa shape index (κ1) is 12.9. The number of likely N-dealkylation sites (tertiary alicyclic amines) is 1. The highest BCUT2D eigenvalue weighted by atomic mass is 16.3. The third-order valence-corrected chi connectivity index (χ3v) is 3.23. The van der Waals surface area contributed by atoms with Gasteiger partial charge < -0.3 is 15.7 Å². The van der Waals surface area contributed by atoms with Crippen LogP contribution in [0.5, 0.6) is 0 Å². The van der Waals surface area contributed by atoms with Crippen LogP contribution >= 0.6 is 0 Å². The molecule has 0 aromatic heterocycles. The Balaban J connectivity index is 2.34. The van der Waals surface area contributed by atoms with Crippen molar-refractivity contribution in [1.82, 2.24) is 4.90 Å². The smallest absolute Gasteiger partial charge is 0.0592 e. The summed E-state index contributed by atoms with van der Waals surface area (Å²) < 4.78 is 0. The Morgan fingerprint density at radius 1 is 1.47 bits per heavy atom. The molecule has 90 valence electrons. The monoisotopic (exact) mass is 214 g/mol. The standard InChI is InChI=1S/C12H26N2O/c1-10(2)8-11-9-14(6-3-5-13)7-4-12(11)15/h10-12,15H,3-9,13H2,1-2H3. The van der Waals surface area contributed by atoms with Gasteiger partial charge in [-0.2, -0.15) is 0 Å². The second-order valence-electron chi connectivity index (χ2n) is 5.19. The maximum Gasteiger partial charge on any atom is 0.0592 e. The summed E-state index contributed by atoms with van der Waals surface area (Å²) in [6.45, 7) is 8.41. The average molecular weight is 214 g/mol. The van der Waals surface area contributed by atoms with Crippen molar-refractivity contribution < 1.29 is 5.11 Å². The number of hydrogen-bond acceptors (Lipinski definition) is 3. The zero-order valence-electron chi connectivity index (χ0n) is 10.2. The number of hydrogen-bond donors (Lipinski definition) is 2. The van der Waals surface area contributed by atoms with Gasteiger partial charge in [-0.3, -0.25) is 0 Å². The van der Waals surface area contributed by atoms with Gasteiger partial charge in [0.15, 0.2) is 0 Å². The molecule has 2 atom stereocenters. The molecule has 1 aliphatic rings. The third kappa shape index (κ3) is 4.49. The summed E-state index contributed by atoms with van der Waals surface area (Å²) >= 11 is 0. The van der Waals surface area contributed by atoms with Crippen LogP contribution in [0.15, 0.2) is 0 Å². The van der Waals surface area contributed by atoms with Crippen LogP contribution in [0.4, 0.5) is 0 Å². The van der Waals surface area contributed by atoms with Crippen molar-refractivity contribution in [1.29, 1.82) is 0 Å². The lowest BCUT2D eigenvalue weighted by molar-refractivity contribution is 0.0175. The fourth-order valence-corrected chi connectivity index (χ4v) is 2.45. The number of aliphatic hydroxyl groups is 1. The number of nitrogens with two attached hydrogens (primary N) is 1. The normalized spacial score (nSPS) is 28.6. The van der Waals surface area contributed by atoms with E-state index >= 15 is 0 Å².